The van der Waals surface area contributed by atoms with E-state index in [4.69, 9.17) is 4.74 Å². The van der Waals surface area contributed by atoms with E-state index in [0.717, 1.165) is 39.0 Å². The molecule has 6 heteroatoms. The first-order valence-electron chi connectivity index (χ1n) is 8.85. The van der Waals surface area contributed by atoms with Crippen LogP contribution in [0.1, 0.15) is 18.4 Å². The van der Waals surface area contributed by atoms with Gasteiger partial charge < -0.3 is 9.64 Å². The molecule has 25 heavy (non-hydrogen) atoms. The zero-order valence-corrected chi connectivity index (χ0v) is 14.3. The zero-order chi connectivity index (χ0) is 17.1. The number of anilines is 1. The highest BCUT2D eigenvalue weighted by molar-refractivity contribution is 5.41. The number of ether oxygens (including phenoxy) is 1. The molecule has 1 unspecified atom stereocenters. The van der Waals surface area contributed by atoms with Crippen molar-refractivity contribution in [3.8, 4) is 0 Å². The van der Waals surface area contributed by atoms with Crippen molar-refractivity contribution in [1.29, 1.82) is 0 Å². The Bertz CT molecular complexity index is 710. The van der Waals surface area contributed by atoms with Gasteiger partial charge in [-0.05, 0) is 36.6 Å². The summed E-state index contributed by atoms with van der Waals surface area (Å²) < 4.78 is 20.3. The standard InChI is InChI=1S/C19H23FN4O/c20-17-5-2-8-22-18(17)24-9-3-6-19(15-24)14-23(10-11-25-19)13-16-4-1-7-21-12-16/h1-2,4-5,7-8,12H,3,6,9-11,13-15H2. The summed E-state index contributed by atoms with van der Waals surface area (Å²) in [6.45, 7) is 4.85. The van der Waals surface area contributed by atoms with Gasteiger partial charge in [0.1, 0.15) is 0 Å². The van der Waals surface area contributed by atoms with E-state index in [-0.39, 0.29) is 11.4 Å². The van der Waals surface area contributed by atoms with Gasteiger partial charge in [0.15, 0.2) is 11.6 Å². The van der Waals surface area contributed by atoms with Gasteiger partial charge in [0.05, 0.1) is 12.2 Å². The van der Waals surface area contributed by atoms with Crippen molar-refractivity contribution < 1.29 is 9.13 Å². The minimum atomic E-state index is -0.262. The molecule has 0 aromatic carbocycles. The van der Waals surface area contributed by atoms with E-state index in [1.807, 2.05) is 17.2 Å². The molecule has 2 aliphatic heterocycles. The summed E-state index contributed by atoms with van der Waals surface area (Å²) in [5, 5.41) is 0. The summed E-state index contributed by atoms with van der Waals surface area (Å²) in [6.07, 6.45) is 7.34. The maximum absolute atomic E-state index is 14.1. The van der Waals surface area contributed by atoms with E-state index in [1.165, 1.54) is 11.6 Å². The third-order valence-corrected chi connectivity index (χ3v) is 5.03. The van der Waals surface area contributed by atoms with Gasteiger partial charge in [-0.25, -0.2) is 9.37 Å². The normalized spacial score (nSPS) is 24.6. The molecule has 2 saturated heterocycles. The fraction of sp³-hybridized carbons (Fsp3) is 0.474. The van der Waals surface area contributed by atoms with Gasteiger partial charge in [-0.15, -0.1) is 0 Å². The van der Waals surface area contributed by atoms with Crippen LogP contribution in [-0.4, -0.2) is 53.3 Å². The minimum Gasteiger partial charge on any atom is -0.370 e. The third kappa shape index (κ3) is 3.65. The van der Waals surface area contributed by atoms with Crippen LogP contribution >= 0.6 is 0 Å². The van der Waals surface area contributed by atoms with Crippen LogP contribution in [0.25, 0.3) is 0 Å². The average Bonchev–Trinajstić information content (AvgIpc) is 2.63. The first-order chi connectivity index (χ1) is 12.2. The number of hydrogen-bond donors (Lipinski definition) is 0. The lowest BCUT2D eigenvalue weighted by atomic mass is 9.90. The van der Waals surface area contributed by atoms with Crippen molar-refractivity contribution in [3.63, 3.8) is 0 Å². The lowest BCUT2D eigenvalue weighted by Gasteiger charge is -2.48. The Labute approximate surface area is 147 Å². The molecule has 2 fully saturated rings. The van der Waals surface area contributed by atoms with Crippen molar-refractivity contribution in [3.05, 3.63) is 54.2 Å². The Morgan fingerprint density at radius 1 is 1.16 bits per heavy atom. The molecule has 0 amide bonds. The number of nitrogens with zero attached hydrogens (tertiary/aromatic N) is 4. The van der Waals surface area contributed by atoms with E-state index in [1.54, 1.807) is 18.5 Å². The molecule has 2 aromatic heterocycles. The van der Waals surface area contributed by atoms with E-state index in [0.29, 0.717) is 19.0 Å². The number of rotatable bonds is 3. The van der Waals surface area contributed by atoms with Gasteiger partial charge in [-0.2, -0.15) is 0 Å². The molecular weight excluding hydrogens is 319 g/mol. The lowest BCUT2D eigenvalue weighted by Crippen LogP contribution is -2.59. The van der Waals surface area contributed by atoms with Crippen molar-refractivity contribution >= 4 is 5.82 Å². The predicted octanol–water partition coefficient (Wildman–Crippen LogP) is 2.49. The van der Waals surface area contributed by atoms with Crippen LogP contribution in [0, 0.1) is 5.82 Å². The molecule has 5 nitrogen and oxygen atoms in total. The molecule has 2 aromatic rings. The van der Waals surface area contributed by atoms with Crippen molar-refractivity contribution in [2.75, 3.05) is 37.7 Å². The molecule has 0 saturated carbocycles. The summed E-state index contributed by atoms with van der Waals surface area (Å²) in [4.78, 5) is 12.9. The fourth-order valence-electron chi connectivity index (χ4n) is 3.94. The van der Waals surface area contributed by atoms with Gasteiger partial charge in [0.2, 0.25) is 0 Å². The van der Waals surface area contributed by atoms with Gasteiger partial charge in [-0.3, -0.25) is 9.88 Å². The van der Waals surface area contributed by atoms with Gasteiger partial charge in [0, 0.05) is 51.3 Å². The van der Waals surface area contributed by atoms with Crippen molar-refractivity contribution in [1.82, 2.24) is 14.9 Å². The van der Waals surface area contributed by atoms with Crippen molar-refractivity contribution in [2.24, 2.45) is 0 Å². The Kier molecular flexibility index (Phi) is 4.63. The summed E-state index contributed by atoms with van der Waals surface area (Å²) in [5.41, 5.74) is 0.964. The maximum Gasteiger partial charge on any atom is 0.165 e. The van der Waals surface area contributed by atoms with Crippen LogP contribution < -0.4 is 4.90 Å². The summed E-state index contributed by atoms with van der Waals surface area (Å²) >= 11 is 0. The van der Waals surface area contributed by atoms with E-state index < -0.39 is 0 Å². The van der Waals surface area contributed by atoms with Crippen LogP contribution in [0.2, 0.25) is 0 Å². The number of piperidine rings is 1. The molecular formula is C19H23FN4O. The molecule has 1 atom stereocenters. The van der Waals surface area contributed by atoms with E-state index in [9.17, 15) is 4.39 Å². The molecule has 1 spiro atoms. The van der Waals surface area contributed by atoms with Gasteiger partial charge >= 0.3 is 0 Å². The monoisotopic (exact) mass is 342 g/mol. The van der Waals surface area contributed by atoms with Crippen LogP contribution in [0.15, 0.2) is 42.9 Å². The van der Waals surface area contributed by atoms with Crippen LogP contribution in [0.4, 0.5) is 10.2 Å². The molecule has 0 bridgehead atoms. The summed E-state index contributed by atoms with van der Waals surface area (Å²) in [6, 6.07) is 7.18. The number of halogens is 1. The summed E-state index contributed by atoms with van der Waals surface area (Å²) in [7, 11) is 0. The maximum atomic E-state index is 14.1. The number of morpholine rings is 1. The molecule has 132 valence electrons. The zero-order valence-electron chi connectivity index (χ0n) is 14.3. The molecule has 2 aliphatic rings. The smallest absolute Gasteiger partial charge is 0.165 e. The predicted molar refractivity (Wildman–Crippen MR) is 93.8 cm³/mol. The number of aromatic nitrogens is 2. The van der Waals surface area contributed by atoms with Crippen LogP contribution in [-0.2, 0) is 11.3 Å². The summed E-state index contributed by atoms with van der Waals surface area (Å²) in [5.74, 6) is 0.178. The number of pyridine rings is 2. The Balaban J connectivity index is 1.48. The molecule has 4 heterocycles. The topological polar surface area (TPSA) is 41.5 Å². The molecule has 4 rings (SSSR count). The second-order valence-electron chi connectivity index (χ2n) is 6.94. The fourth-order valence-corrected chi connectivity index (χ4v) is 3.94. The highest BCUT2D eigenvalue weighted by Gasteiger charge is 2.41. The second kappa shape index (κ2) is 7.06. The van der Waals surface area contributed by atoms with Crippen molar-refractivity contribution in [2.45, 2.75) is 25.0 Å². The highest BCUT2D eigenvalue weighted by Crippen LogP contribution is 2.32. The first kappa shape index (κ1) is 16.4. The number of hydrogen-bond acceptors (Lipinski definition) is 5. The quantitative estimate of drug-likeness (QED) is 0.857. The highest BCUT2D eigenvalue weighted by atomic mass is 19.1. The average molecular weight is 342 g/mol. The van der Waals surface area contributed by atoms with E-state index >= 15 is 0 Å². The van der Waals surface area contributed by atoms with Gasteiger partial charge in [0.25, 0.3) is 0 Å². The molecule has 0 radical (unpaired) electrons. The Hall–Kier alpha value is -2.05. The van der Waals surface area contributed by atoms with E-state index in [2.05, 4.69) is 20.9 Å². The molecule has 0 N–H and O–H groups in total. The Morgan fingerprint density at radius 3 is 2.92 bits per heavy atom. The van der Waals surface area contributed by atoms with Crippen LogP contribution in [0.5, 0.6) is 0 Å². The minimum absolute atomic E-state index is 0.247. The Morgan fingerprint density at radius 2 is 2.08 bits per heavy atom. The SMILES string of the molecule is Fc1cccnc1N1CCCC2(CN(Cc3cccnc3)CCO2)C1. The van der Waals surface area contributed by atoms with Gasteiger partial charge in [-0.1, -0.05) is 6.07 Å². The first-order valence-corrected chi connectivity index (χ1v) is 8.85. The molecule has 0 aliphatic carbocycles. The second-order valence-corrected chi connectivity index (χ2v) is 6.94. The third-order valence-electron chi connectivity index (χ3n) is 5.03. The van der Waals surface area contributed by atoms with Crippen LogP contribution in [0.3, 0.4) is 0 Å². The lowest BCUT2D eigenvalue weighted by molar-refractivity contribution is -0.116. The largest absolute Gasteiger partial charge is 0.370 e.